The van der Waals surface area contributed by atoms with Crippen LogP contribution in [0.4, 0.5) is 0 Å². The van der Waals surface area contributed by atoms with Crippen molar-refractivity contribution in [1.29, 1.82) is 0 Å². The zero-order valence-corrected chi connectivity index (χ0v) is 23.7. The first-order valence-electron chi connectivity index (χ1n) is 15.3. The van der Waals surface area contributed by atoms with E-state index in [1.54, 1.807) is 0 Å². The van der Waals surface area contributed by atoms with Crippen molar-refractivity contribution in [3.8, 4) is 11.5 Å². The van der Waals surface area contributed by atoms with E-state index in [2.05, 4.69) is 81.2 Å². The van der Waals surface area contributed by atoms with Crippen molar-refractivity contribution in [2.45, 2.75) is 70.0 Å². The maximum absolute atomic E-state index is 6.05. The molecule has 3 aliphatic heterocycles. The molecular weight excluding hydrogens is 484 g/mol. The molecule has 3 aliphatic rings. The van der Waals surface area contributed by atoms with E-state index in [0.717, 1.165) is 70.0 Å². The normalized spacial score (nSPS) is 22.1. The molecule has 2 fully saturated rings. The monoisotopic (exact) mass is 532 g/mol. The van der Waals surface area contributed by atoms with Crippen molar-refractivity contribution in [1.82, 2.24) is 20.4 Å². The van der Waals surface area contributed by atoms with Gasteiger partial charge in [-0.25, -0.2) is 0 Å². The molecule has 3 heterocycles. The molecule has 0 aromatic heterocycles. The number of piperidine rings is 1. The average molecular weight is 533 g/mol. The number of benzene rings is 2. The molecule has 2 N–H and O–H groups in total. The molecule has 6 heteroatoms. The Bertz CT molecular complexity index is 997. The Balaban J connectivity index is 1.07. The highest BCUT2D eigenvalue weighted by Crippen LogP contribution is 2.23. The van der Waals surface area contributed by atoms with Crippen molar-refractivity contribution < 1.29 is 9.47 Å². The van der Waals surface area contributed by atoms with Gasteiger partial charge in [-0.05, 0) is 113 Å². The summed E-state index contributed by atoms with van der Waals surface area (Å²) in [5.41, 5.74) is 2.43. The number of likely N-dealkylation sites (tertiary alicyclic amines) is 2. The number of hydrogen-bond acceptors (Lipinski definition) is 6. The molecule has 0 aliphatic carbocycles. The van der Waals surface area contributed by atoms with Crippen LogP contribution in [0.1, 0.15) is 62.5 Å². The molecular formula is C33H48N4O2. The summed E-state index contributed by atoms with van der Waals surface area (Å²) in [6, 6.07) is 17.3. The summed E-state index contributed by atoms with van der Waals surface area (Å²) in [6.07, 6.45) is 15.2. The minimum Gasteiger partial charge on any atom is -0.494 e. The van der Waals surface area contributed by atoms with E-state index in [1.165, 1.54) is 69.4 Å². The van der Waals surface area contributed by atoms with Gasteiger partial charge in [0.2, 0.25) is 0 Å². The fraction of sp³-hybridized carbons (Fsp3) is 0.576. The van der Waals surface area contributed by atoms with Gasteiger partial charge in [0.05, 0.1) is 12.3 Å². The van der Waals surface area contributed by atoms with Gasteiger partial charge in [-0.1, -0.05) is 36.8 Å². The Morgan fingerprint density at radius 2 is 1.33 bits per heavy atom. The summed E-state index contributed by atoms with van der Waals surface area (Å²) in [5.74, 6) is 1.93. The number of nitrogens with one attached hydrogen (secondary N) is 2. The predicted molar refractivity (Wildman–Crippen MR) is 159 cm³/mol. The van der Waals surface area contributed by atoms with Gasteiger partial charge in [-0.2, -0.15) is 0 Å². The zero-order chi connectivity index (χ0) is 26.6. The molecule has 2 saturated heterocycles. The molecule has 1 atom stereocenters. The summed E-state index contributed by atoms with van der Waals surface area (Å²) in [4.78, 5) is 5.06. The van der Waals surface area contributed by atoms with Crippen molar-refractivity contribution in [2.24, 2.45) is 0 Å². The van der Waals surface area contributed by atoms with Crippen LogP contribution in [0.15, 0.2) is 60.8 Å². The lowest BCUT2D eigenvalue weighted by Crippen LogP contribution is -2.57. The Morgan fingerprint density at radius 3 is 2.00 bits per heavy atom. The van der Waals surface area contributed by atoms with Gasteiger partial charge in [0.1, 0.15) is 18.1 Å². The highest BCUT2D eigenvalue weighted by atomic mass is 16.5. The van der Waals surface area contributed by atoms with Crippen LogP contribution in [0, 0.1) is 0 Å². The van der Waals surface area contributed by atoms with Crippen LogP contribution in [0.3, 0.4) is 0 Å². The highest BCUT2D eigenvalue weighted by molar-refractivity contribution is 5.30. The number of hydrogen-bond donors (Lipinski definition) is 2. The van der Waals surface area contributed by atoms with Crippen LogP contribution in [0.5, 0.6) is 11.5 Å². The molecule has 0 bridgehead atoms. The molecule has 0 radical (unpaired) electrons. The first kappa shape index (κ1) is 28.0. The third-order valence-electron chi connectivity index (χ3n) is 8.41. The van der Waals surface area contributed by atoms with E-state index in [9.17, 15) is 0 Å². The Morgan fingerprint density at radius 1 is 0.718 bits per heavy atom. The van der Waals surface area contributed by atoms with Crippen LogP contribution in [0.2, 0.25) is 0 Å². The first-order chi connectivity index (χ1) is 19.3. The number of ether oxygens (including phenoxy) is 2. The number of rotatable bonds is 14. The molecule has 0 spiro atoms. The molecule has 212 valence electrons. The maximum Gasteiger partial charge on any atom is 0.119 e. The molecule has 5 rings (SSSR count). The third-order valence-corrected chi connectivity index (χ3v) is 8.41. The van der Waals surface area contributed by atoms with Gasteiger partial charge in [0.25, 0.3) is 0 Å². The molecule has 6 nitrogen and oxygen atoms in total. The Kier molecular flexibility index (Phi) is 10.6. The van der Waals surface area contributed by atoms with Crippen molar-refractivity contribution in [3.63, 3.8) is 0 Å². The second-order valence-electron chi connectivity index (χ2n) is 11.5. The summed E-state index contributed by atoms with van der Waals surface area (Å²) in [6.45, 7) is 9.49. The predicted octanol–water partition coefficient (Wildman–Crippen LogP) is 5.34. The van der Waals surface area contributed by atoms with Gasteiger partial charge in [-0.3, -0.25) is 10.2 Å². The van der Waals surface area contributed by atoms with Crippen LogP contribution >= 0.6 is 0 Å². The van der Waals surface area contributed by atoms with Crippen LogP contribution in [-0.4, -0.2) is 67.9 Å². The number of nitrogens with zero attached hydrogens (tertiary/aromatic N) is 2. The van der Waals surface area contributed by atoms with E-state index in [1.807, 2.05) is 0 Å². The smallest absolute Gasteiger partial charge is 0.119 e. The SMILES string of the molecule is C1=CNC(Cc2ccc(OCCN3CCCCC3)cc2)(NCc2ccc(OCCCN3CCCC3)cc2)CC1. The molecule has 0 amide bonds. The fourth-order valence-corrected chi connectivity index (χ4v) is 6.03. The lowest BCUT2D eigenvalue weighted by molar-refractivity contribution is 0.183. The average Bonchev–Trinajstić information content (AvgIpc) is 3.51. The molecule has 2 aromatic carbocycles. The van der Waals surface area contributed by atoms with E-state index < -0.39 is 0 Å². The Hall–Kier alpha value is -2.54. The van der Waals surface area contributed by atoms with Gasteiger partial charge in [-0.15, -0.1) is 0 Å². The Labute approximate surface area is 235 Å². The molecule has 0 saturated carbocycles. The lowest BCUT2D eigenvalue weighted by atomic mass is 9.92. The fourth-order valence-electron chi connectivity index (χ4n) is 6.03. The van der Waals surface area contributed by atoms with Crippen molar-refractivity contribution >= 4 is 0 Å². The van der Waals surface area contributed by atoms with Crippen molar-refractivity contribution in [2.75, 3.05) is 52.5 Å². The van der Waals surface area contributed by atoms with Gasteiger partial charge in [0, 0.05) is 26.1 Å². The summed E-state index contributed by atoms with van der Waals surface area (Å²) >= 11 is 0. The van der Waals surface area contributed by atoms with Crippen LogP contribution in [-0.2, 0) is 13.0 Å². The topological polar surface area (TPSA) is 49.0 Å². The van der Waals surface area contributed by atoms with E-state index >= 15 is 0 Å². The summed E-state index contributed by atoms with van der Waals surface area (Å²) in [7, 11) is 0. The minimum absolute atomic E-state index is 0.157. The summed E-state index contributed by atoms with van der Waals surface area (Å²) < 4.78 is 12.0. The summed E-state index contributed by atoms with van der Waals surface area (Å²) in [5, 5.41) is 7.49. The quantitative estimate of drug-likeness (QED) is 0.320. The molecule has 39 heavy (non-hydrogen) atoms. The number of allylic oxidation sites excluding steroid dienone is 1. The largest absolute Gasteiger partial charge is 0.494 e. The van der Waals surface area contributed by atoms with Crippen LogP contribution in [0.25, 0.3) is 0 Å². The lowest BCUT2D eigenvalue weighted by Gasteiger charge is -2.38. The van der Waals surface area contributed by atoms with E-state index in [-0.39, 0.29) is 5.66 Å². The first-order valence-corrected chi connectivity index (χ1v) is 15.3. The zero-order valence-electron chi connectivity index (χ0n) is 23.7. The van der Waals surface area contributed by atoms with Crippen molar-refractivity contribution in [3.05, 3.63) is 71.9 Å². The van der Waals surface area contributed by atoms with Gasteiger partial charge < -0.3 is 19.7 Å². The van der Waals surface area contributed by atoms with Crippen LogP contribution < -0.4 is 20.1 Å². The minimum atomic E-state index is -0.157. The molecule has 1 unspecified atom stereocenters. The van der Waals surface area contributed by atoms with E-state index in [4.69, 9.17) is 9.47 Å². The second kappa shape index (κ2) is 14.7. The highest BCUT2D eigenvalue weighted by Gasteiger charge is 2.29. The van der Waals surface area contributed by atoms with Gasteiger partial charge >= 0.3 is 0 Å². The van der Waals surface area contributed by atoms with E-state index in [0.29, 0.717) is 0 Å². The standard InChI is InChI=1S/C33H48N4O2/c1-4-19-37(20-5-1)24-26-39-32-13-9-29(10-14-32)27-33(17-2-3-18-34-33)35-28-30-11-15-31(16-12-30)38-25-8-23-36-21-6-7-22-36/h3,9-16,18,34-35H,1-2,4-8,17,19-28H2. The third kappa shape index (κ3) is 8.99. The van der Waals surface area contributed by atoms with Gasteiger partial charge in [0.15, 0.2) is 0 Å². The maximum atomic E-state index is 6.05. The second-order valence-corrected chi connectivity index (χ2v) is 11.5. The molecule has 2 aromatic rings.